The van der Waals surface area contributed by atoms with Crippen LogP contribution in [-0.2, 0) is 4.74 Å². The van der Waals surface area contributed by atoms with Crippen LogP contribution in [0.25, 0.3) is 0 Å². The molecule has 4 N–H and O–H groups in total. The lowest BCUT2D eigenvalue weighted by Crippen LogP contribution is -2.22. The molecule has 0 aliphatic carbocycles. The van der Waals surface area contributed by atoms with Crippen molar-refractivity contribution in [3.8, 4) is 0 Å². The Morgan fingerprint density at radius 3 is 2.61 bits per heavy atom. The van der Waals surface area contributed by atoms with Gasteiger partial charge in [-0.2, -0.15) is 0 Å². The van der Waals surface area contributed by atoms with Gasteiger partial charge in [0.15, 0.2) is 5.15 Å². The van der Waals surface area contributed by atoms with Crippen LogP contribution >= 0.6 is 11.6 Å². The second-order valence-electron chi connectivity index (χ2n) is 5.21. The van der Waals surface area contributed by atoms with Crippen molar-refractivity contribution in [3.63, 3.8) is 0 Å². The van der Waals surface area contributed by atoms with E-state index < -0.39 is 12.2 Å². The summed E-state index contributed by atoms with van der Waals surface area (Å²) >= 11 is 5.94. The molecule has 1 heterocycles. The molecule has 1 rings (SSSR count). The smallest absolute Gasteiger partial charge is 0.405 e. The summed E-state index contributed by atoms with van der Waals surface area (Å²) in [5.74, 6) is 0.210. The molecule has 1 amide bonds. The van der Waals surface area contributed by atoms with Crippen LogP contribution in [0.15, 0.2) is 6.07 Å². The van der Waals surface area contributed by atoms with Gasteiger partial charge in [-0.15, -0.1) is 10.2 Å². The summed E-state index contributed by atoms with van der Waals surface area (Å²) < 4.78 is 5.08. The highest BCUT2D eigenvalue weighted by Gasteiger charge is 2.26. The summed E-state index contributed by atoms with van der Waals surface area (Å²) in [6.45, 7) is 6.03. The monoisotopic (exact) mass is 272 g/mol. The Morgan fingerprint density at radius 1 is 1.50 bits per heavy atom. The van der Waals surface area contributed by atoms with Crippen molar-refractivity contribution in [1.82, 2.24) is 10.2 Å². The number of rotatable bonds is 3. The van der Waals surface area contributed by atoms with Crippen LogP contribution in [0, 0.1) is 5.41 Å². The van der Waals surface area contributed by atoms with Crippen molar-refractivity contribution < 1.29 is 9.53 Å². The van der Waals surface area contributed by atoms with Crippen LogP contribution in [0.1, 0.15) is 38.9 Å². The van der Waals surface area contributed by atoms with Gasteiger partial charge in [0.2, 0.25) is 0 Å². The number of halogens is 1. The van der Waals surface area contributed by atoms with Crippen molar-refractivity contribution in [2.24, 2.45) is 11.1 Å². The van der Waals surface area contributed by atoms with Crippen molar-refractivity contribution in [2.75, 3.05) is 5.73 Å². The van der Waals surface area contributed by atoms with E-state index in [2.05, 4.69) is 10.2 Å². The van der Waals surface area contributed by atoms with E-state index in [4.69, 9.17) is 27.8 Å². The normalized spacial score (nSPS) is 13.1. The highest BCUT2D eigenvalue weighted by molar-refractivity contribution is 6.30. The first-order valence-corrected chi connectivity index (χ1v) is 5.81. The third-order valence-electron chi connectivity index (χ3n) is 2.20. The molecule has 0 spiro atoms. The summed E-state index contributed by atoms with van der Waals surface area (Å²) in [5, 5.41) is 7.47. The van der Waals surface area contributed by atoms with Gasteiger partial charge in [-0.3, -0.25) is 0 Å². The number of nitrogens with zero attached hydrogens (tertiary/aromatic N) is 2. The lowest BCUT2D eigenvalue weighted by atomic mass is 9.87. The number of amides is 1. The fourth-order valence-electron chi connectivity index (χ4n) is 1.54. The molecule has 0 aliphatic heterocycles. The van der Waals surface area contributed by atoms with Crippen LogP contribution in [0.2, 0.25) is 5.15 Å². The zero-order valence-electron chi connectivity index (χ0n) is 10.6. The van der Waals surface area contributed by atoms with E-state index in [-0.39, 0.29) is 16.4 Å². The number of aromatic nitrogens is 2. The number of carbonyl (C=O) groups excluding carboxylic acids is 1. The van der Waals surface area contributed by atoms with Crippen LogP contribution < -0.4 is 11.5 Å². The molecule has 0 saturated heterocycles. The Balaban J connectivity index is 3.08. The first-order valence-electron chi connectivity index (χ1n) is 5.44. The Kier molecular flexibility index (Phi) is 4.34. The molecule has 1 aromatic heterocycles. The second kappa shape index (κ2) is 5.39. The maximum Gasteiger partial charge on any atom is 0.405 e. The predicted molar refractivity (Wildman–Crippen MR) is 68.9 cm³/mol. The number of nitrogen functional groups attached to an aromatic ring is 1. The van der Waals surface area contributed by atoms with E-state index in [1.165, 1.54) is 6.07 Å². The molecule has 18 heavy (non-hydrogen) atoms. The van der Waals surface area contributed by atoms with E-state index in [1.54, 1.807) is 0 Å². The molecule has 0 radical (unpaired) electrons. The lowest BCUT2D eigenvalue weighted by molar-refractivity contribution is 0.0787. The molecule has 1 unspecified atom stereocenters. The first-order chi connectivity index (χ1) is 8.19. The summed E-state index contributed by atoms with van der Waals surface area (Å²) in [6, 6.07) is 1.54. The highest BCUT2D eigenvalue weighted by atomic mass is 35.5. The quantitative estimate of drug-likeness (QED) is 0.878. The number of primary amides is 1. The lowest BCUT2D eigenvalue weighted by Gasteiger charge is -2.25. The number of anilines is 1. The predicted octanol–water partition coefficient (Wildman–Crippen LogP) is 2.28. The van der Waals surface area contributed by atoms with E-state index in [9.17, 15) is 4.79 Å². The highest BCUT2D eigenvalue weighted by Crippen LogP contribution is 2.34. The van der Waals surface area contributed by atoms with Gasteiger partial charge in [0.05, 0.1) is 0 Å². The number of hydrogen-bond acceptors (Lipinski definition) is 5. The molecule has 0 bridgehead atoms. The van der Waals surface area contributed by atoms with E-state index >= 15 is 0 Å². The van der Waals surface area contributed by atoms with Gasteiger partial charge in [0.25, 0.3) is 0 Å². The number of ether oxygens (including phenoxy) is 1. The van der Waals surface area contributed by atoms with Crippen molar-refractivity contribution in [2.45, 2.75) is 33.3 Å². The van der Waals surface area contributed by atoms with Crippen molar-refractivity contribution >= 4 is 23.5 Å². The molecule has 1 atom stereocenters. The Labute approximate surface area is 111 Å². The maximum absolute atomic E-state index is 11.0. The largest absolute Gasteiger partial charge is 0.441 e. The molecule has 1 aromatic rings. The molecule has 100 valence electrons. The summed E-state index contributed by atoms with van der Waals surface area (Å²) in [4.78, 5) is 11.0. The van der Waals surface area contributed by atoms with Gasteiger partial charge >= 0.3 is 6.09 Å². The maximum atomic E-state index is 11.0. The van der Waals surface area contributed by atoms with Gasteiger partial charge in [0, 0.05) is 5.56 Å². The Morgan fingerprint density at radius 2 is 2.11 bits per heavy atom. The third-order valence-corrected chi connectivity index (χ3v) is 2.49. The van der Waals surface area contributed by atoms with Crippen LogP contribution in [0.3, 0.4) is 0 Å². The van der Waals surface area contributed by atoms with Gasteiger partial charge in [-0.1, -0.05) is 32.4 Å². The van der Waals surface area contributed by atoms with Gasteiger partial charge in [-0.05, 0) is 17.9 Å². The molecule has 6 nitrogen and oxygen atoms in total. The molecule has 0 saturated carbocycles. The minimum absolute atomic E-state index is 0.0819. The number of nitrogens with two attached hydrogens (primary N) is 2. The summed E-state index contributed by atoms with van der Waals surface area (Å²) in [6.07, 6.45) is -0.913. The van der Waals surface area contributed by atoms with Gasteiger partial charge in [-0.25, -0.2) is 4.79 Å². The average molecular weight is 273 g/mol. The molecule has 0 aromatic carbocycles. The van der Waals surface area contributed by atoms with E-state index in [0.29, 0.717) is 12.0 Å². The summed E-state index contributed by atoms with van der Waals surface area (Å²) in [7, 11) is 0. The molecule has 0 fully saturated rings. The zero-order chi connectivity index (χ0) is 13.9. The van der Waals surface area contributed by atoms with Gasteiger partial charge < -0.3 is 16.2 Å². The minimum Gasteiger partial charge on any atom is -0.441 e. The SMILES string of the molecule is CC(C)(C)CC(OC(N)=O)c1cc(N)nnc1Cl. The van der Waals surface area contributed by atoms with E-state index in [1.807, 2.05) is 20.8 Å². The standard InChI is InChI=1S/C11H17ClN4O2/c1-11(2,3)5-7(18-10(14)17)6-4-8(13)15-16-9(6)12/h4,7H,5H2,1-3H3,(H2,13,15)(H2,14,17). The molecular formula is C11H17ClN4O2. The van der Waals surface area contributed by atoms with Crippen molar-refractivity contribution in [1.29, 1.82) is 0 Å². The third kappa shape index (κ3) is 4.37. The van der Waals surface area contributed by atoms with Gasteiger partial charge in [0.1, 0.15) is 11.9 Å². The number of carbonyl (C=O) groups is 1. The van der Waals surface area contributed by atoms with E-state index in [0.717, 1.165) is 0 Å². The summed E-state index contributed by atoms with van der Waals surface area (Å²) in [5.41, 5.74) is 11.1. The molecule has 7 heteroatoms. The fraction of sp³-hybridized carbons (Fsp3) is 0.545. The Bertz CT molecular complexity index is 445. The Hall–Kier alpha value is -1.56. The topological polar surface area (TPSA) is 104 Å². The fourth-order valence-corrected chi connectivity index (χ4v) is 1.76. The first kappa shape index (κ1) is 14.5. The van der Waals surface area contributed by atoms with Crippen molar-refractivity contribution in [3.05, 3.63) is 16.8 Å². The molecular weight excluding hydrogens is 256 g/mol. The van der Waals surface area contributed by atoms with Crippen LogP contribution in [0.4, 0.5) is 10.6 Å². The minimum atomic E-state index is -0.865. The number of hydrogen-bond donors (Lipinski definition) is 2. The zero-order valence-corrected chi connectivity index (χ0v) is 11.4. The average Bonchev–Trinajstić information content (AvgIpc) is 2.18. The molecule has 0 aliphatic rings. The second-order valence-corrected chi connectivity index (χ2v) is 5.56. The van der Waals surface area contributed by atoms with Crippen LogP contribution in [0.5, 0.6) is 0 Å². The van der Waals surface area contributed by atoms with Crippen LogP contribution in [-0.4, -0.2) is 16.3 Å².